The van der Waals surface area contributed by atoms with Gasteiger partial charge < -0.3 is 124 Å². The molecule has 1 aliphatic rings. The summed E-state index contributed by atoms with van der Waals surface area (Å²) in [6.45, 7) is 11.3. The van der Waals surface area contributed by atoms with Crippen LogP contribution in [0.5, 0.6) is 0 Å². The predicted molar refractivity (Wildman–Crippen MR) is 483 cm³/mol. The standard InChI is InChI=1S/C86H133N27O16/c1-9-24-58(73(91)117)102-78(122)64(35-36-68(90)115)104-76(120)61(29-15-18-37-87)106-84(128)72(50(7)10-2)111-81(125)66(44-53-46-97-57-28-14-12-26-55(53)57)107-75(119)60(32-21-39-89)101-69(116)47-98-82(126)67-34-23-42-113(67)85(129)71(49(5)6)110-79(123)62(30-16-19-38-88)105-83(127)70(48(3)4)109-80(124)65(43-52-45-96-56-27-13-11-25-54(52)56)108-77(121)63(33-22-40-95-86(92)93)103-74(118)59(100-51(8)114)31-17-20-41-99-112-94/h1,11-14,25-28,45-46,48-50,58-67,70-72,96-97H,10,15-24,29-44,47,87-89H2,2-8H3,(H2,90,115)(H2,91,117)(H,98,126)(H,100,114)(H,101,116)(H,102,122)(H,103,118)(H,104,120)(H,105,127)(H,106,128)(H,107,119)(H,108,121)(H,109,124)(H,110,123)(H,111,125)(H4,92,93,95)/t50-,58-,59-,60-,61-,62-,63-,64-,65-,66-,67+,70-,71-,72-/m0/s1. The lowest BCUT2D eigenvalue weighted by Crippen LogP contribution is -2.61. The summed E-state index contributed by atoms with van der Waals surface area (Å²) in [7, 11) is 0. The second-order valence-electron chi connectivity index (χ2n) is 32.9. The molecule has 708 valence electrons. The molecule has 2 aromatic heterocycles. The topological polar surface area (TPSA) is 708 Å². The number of H-pyrrole nitrogens is 2. The van der Waals surface area contributed by atoms with Crippen LogP contribution in [0.2, 0.25) is 0 Å². The number of likely N-dealkylation sites (tertiary alicyclic amines) is 1. The first-order valence-corrected chi connectivity index (χ1v) is 44.0. The molecule has 43 nitrogen and oxygen atoms in total. The number of aromatic nitrogens is 2. The monoisotopic (exact) mass is 1800 g/mol. The highest BCUT2D eigenvalue weighted by molar-refractivity contribution is 6.01. The molecule has 5 rings (SSSR count). The summed E-state index contributed by atoms with van der Waals surface area (Å²) in [5.41, 5.74) is 51.1. The van der Waals surface area contributed by atoms with E-state index in [0.29, 0.717) is 84.3 Å². The Kier molecular flexibility index (Phi) is 46.0. The number of terminal acetylenes is 1. The van der Waals surface area contributed by atoms with Crippen LogP contribution in [-0.2, 0) is 89.6 Å². The number of benzene rings is 2. The number of aromatic amines is 2. The first-order chi connectivity index (χ1) is 61.5. The Balaban J connectivity index is 1.35. The largest absolute Gasteiger partial charge is 0.370 e. The van der Waals surface area contributed by atoms with Gasteiger partial charge in [-0.1, -0.05) is 95.9 Å². The van der Waals surface area contributed by atoms with E-state index in [1.54, 1.807) is 90.3 Å². The molecular formula is C86H133N27O16. The minimum absolute atomic E-state index is 0.00488. The number of carbonyl (C=O) groups excluding carboxylic acids is 16. The number of hydrogen-bond donors (Lipinski definition) is 22. The van der Waals surface area contributed by atoms with E-state index < -0.39 is 197 Å². The van der Waals surface area contributed by atoms with Gasteiger partial charge in [-0.05, 0) is 162 Å². The van der Waals surface area contributed by atoms with E-state index in [0.717, 1.165) is 0 Å². The minimum atomic E-state index is -1.48. The van der Waals surface area contributed by atoms with Crippen molar-refractivity contribution in [1.82, 2.24) is 84.0 Å². The lowest BCUT2D eigenvalue weighted by molar-refractivity contribution is -0.143. The van der Waals surface area contributed by atoms with Crippen LogP contribution in [0.1, 0.15) is 182 Å². The number of carbonyl (C=O) groups is 16. The van der Waals surface area contributed by atoms with Crippen molar-refractivity contribution in [2.45, 2.75) is 262 Å². The van der Waals surface area contributed by atoms with E-state index in [4.69, 9.17) is 52.1 Å². The fourth-order valence-corrected chi connectivity index (χ4v) is 14.7. The van der Waals surface area contributed by atoms with Crippen LogP contribution in [0, 0.1) is 30.1 Å². The third kappa shape index (κ3) is 35.3. The van der Waals surface area contributed by atoms with Gasteiger partial charge in [0, 0.05) is 91.4 Å². The number of fused-ring (bicyclic) bond motifs is 2. The molecule has 0 unspecified atom stereocenters. The van der Waals surface area contributed by atoms with Gasteiger partial charge in [0.15, 0.2) is 5.96 Å². The maximum Gasteiger partial charge on any atom is 0.246 e. The second kappa shape index (κ2) is 55.6. The van der Waals surface area contributed by atoms with Gasteiger partial charge in [-0.3, -0.25) is 81.7 Å². The number of azide groups is 1. The van der Waals surface area contributed by atoms with Gasteiger partial charge >= 0.3 is 0 Å². The highest BCUT2D eigenvalue weighted by Gasteiger charge is 2.42. The van der Waals surface area contributed by atoms with Crippen LogP contribution in [-0.4, -0.2) is 240 Å². The summed E-state index contributed by atoms with van der Waals surface area (Å²) in [5.74, 6) is -12.9. The lowest BCUT2D eigenvalue weighted by Gasteiger charge is -2.32. The fourth-order valence-electron chi connectivity index (χ4n) is 14.7. The quantitative estimate of drug-likeness (QED) is 0.00434. The number of rotatable bonds is 59. The number of nitrogens with two attached hydrogens (primary N) is 7. The number of aliphatic imine (C=N–C) groups is 1. The van der Waals surface area contributed by atoms with Crippen LogP contribution < -0.4 is 109 Å². The van der Waals surface area contributed by atoms with E-state index in [9.17, 15) is 71.9 Å². The molecule has 0 radical (unpaired) electrons. The fraction of sp³-hybridized carbons (Fsp3) is 0.593. The second-order valence-corrected chi connectivity index (χ2v) is 32.9. The minimum Gasteiger partial charge on any atom is -0.370 e. The first kappa shape index (κ1) is 107. The molecule has 2 aromatic carbocycles. The zero-order chi connectivity index (χ0) is 95.4. The molecule has 29 N–H and O–H groups in total. The SMILES string of the molecule is C#CC[C@H](NC(=O)[C@H](CCC(N)=O)NC(=O)[C@H](CCCCN)NC(=O)[C@@H](NC(=O)[C@H](Cc1c[nH]c2ccccc12)NC(=O)[C@H](CCCN)NC(=O)CNC(=O)[C@H]1CCCN1C(=O)[C@@H](NC(=O)[C@H](CCCCN)NC(=O)[C@@H](NC(=O)[C@H](Cc1c[nH]c2ccccc12)NC(=O)[C@H](CCCN=C(N)N)NC(=O)[C@H](CCCCN=[N+]=[N-])NC(C)=O)C(C)C)C(C)C)[C@@H](C)CC)C(N)=O. The van der Waals surface area contributed by atoms with Gasteiger partial charge in [0.1, 0.15) is 78.5 Å². The Hall–Kier alpha value is -12.9. The summed E-state index contributed by atoms with van der Waals surface area (Å²) in [6.07, 6.45) is 10.6. The molecule has 43 heteroatoms. The molecule has 0 aliphatic carbocycles. The Bertz CT molecular complexity index is 4590. The summed E-state index contributed by atoms with van der Waals surface area (Å²) >= 11 is 0. The summed E-state index contributed by atoms with van der Waals surface area (Å²) in [6, 6.07) is -3.17. The number of nitrogens with zero attached hydrogens (tertiary/aromatic N) is 5. The molecule has 1 aliphatic heterocycles. The third-order valence-corrected chi connectivity index (χ3v) is 22.1. The molecule has 4 aromatic rings. The van der Waals surface area contributed by atoms with Crippen molar-refractivity contribution in [3.8, 4) is 12.3 Å². The molecule has 3 heterocycles. The molecule has 0 saturated carbocycles. The molecule has 14 atom stereocenters. The zero-order valence-corrected chi connectivity index (χ0v) is 74.7. The van der Waals surface area contributed by atoms with Gasteiger partial charge in [-0.15, -0.1) is 12.3 Å². The van der Waals surface area contributed by atoms with Crippen LogP contribution in [0.4, 0.5) is 0 Å². The average Bonchev–Trinajstić information content (AvgIpc) is 1.73. The number of guanidine groups is 1. The lowest BCUT2D eigenvalue weighted by atomic mass is 9.96. The average molecular weight is 1800 g/mol. The Morgan fingerprint density at radius 3 is 1.39 bits per heavy atom. The third-order valence-electron chi connectivity index (χ3n) is 22.1. The smallest absolute Gasteiger partial charge is 0.246 e. The van der Waals surface area contributed by atoms with Crippen LogP contribution in [0.25, 0.3) is 32.2 Å². The highest BCUT2D eigenvalue weighted by atomic mass is 16.2. The van der Waals surface area contributed by atoms with E-state index in [1.165, 1.54) is 11.8 Å². The van der Waals surface area contributed by atoms with Crippen LogP contribution >= 0.6 is 0 Å². The van der Waals surface area contributed by atoms with Crippen molar-refractivity contribution in [2.75, 3.05) is 45.8 Å². The molecule has 16 amide bonds. The van der Waals surface area contributed by atoms with Crippen molar-refractivity contribution < 1.29 is 76.7 Å². The van der Waals surface area contributed by atoms with E-state index in [2.05, 4.69) is 100 Å². The van der Waals surface area contributed by atoms with Gasteiger partial charge in [-0.2, -0.15) is 0 Å². The highest BCUT2D eigenvalue weighted by Crippen LogP contribution is 2.25. The Morgan fingerprint density at radius 2 is 0.922 bits per heavy atom. The number of para-hydroxylation sites is 2. The zero-order valence-electron chi connectivity index (χ0n) is 74.7. The number of amides is 16. The summed E-state index contributed by atoms with van der Waals surface area (Å²) in [5, 5.41) is 39.9. The number of hydrogen-bond acceptors (Lipinski definition) is 21. The maximum atomic E-state index is 15.0. The van der Waals surface area contributed by atoms with E-state index >= 15 is 4.79 Å². The predicted octanol–water partition coefficient (Wildman–Crippen LogP) is -1.96. The van der Waals surface area contributed by atoms with Crippen LogP contribution in [0.15, 0.2) is 71.0 Å². The van der Waals surface area contributed by atoms with Crippen molar-refractivity contribution in [2.24, 2.45) is 68.0 Å². The molecule has 1 saturated heterocycles. The molecule has 129 heavy (non-hydrogen) atoms. The first-order valence-electron chi connectivity index (χ1n) is 44.0. The van der Waals surface area contributed by atoms with E-state index in [-0.39, 0.29) is 129 Å². The van der Waals surface area contributed by atoms with Crippen molar-refractivity contribution >= 4 is 122 Å². The number of nitrogens with one attached hydrogen (secondary N) is 15. The van der Waals surface area contributed by atoms with Gasteiger partial charge in [-0.25, -0.2) is 0 Å². The normalized spacial score (nSPS) is 15.4. The van der Waals surface area contributed by atoms with Gasteiger partial charge in [0.2, 0.25) is 94.5 Å². The van der Waals surface area contributed by atoms with Crippen LogP contribution in [0.3, 0.4) is 0 Å². The van der Waals surface area contributed by atoms with Gasteiger partial charge in [0.05, 0.1) is 6.54 Å². The van der Waals surface area contributed by atoms with Crippen molar-refractivity contribution in [3.63, 3.8) is 0 Å². The van der Waals surface area contributed by atoms with Crippen molar-refractivity contribution in [3.05, 3.63) is 82.5 Å². The summed E-state index contributed by atoms with van der Waals surface area (Å²) in [4.78, 5) is 240. The molecule has 0 spiro atoms. The Morgan fingerprint density at radius 1 is 0.504 bits per heavy atom. The maximum absolute atomic E-state index is 15.0. The van der Waals surface area contributed by atoms with E-state index in [1.807, 2.05) is 12.1 Å². The molecular weight excluding hydrogens is 1670 g/mol. The number of unbranched alkanes of at least 4 members (excludes halogenated alkanes) is 3. The van der Waals surface area contributed by atoms with Gasteiger partial charge in [0.25, 0.3) is 0 Å². The number of primary amides is 2. The molecule has 1 fully saturated rings. The Labute approximate surface area is 750 Å². The van der Waals surface area contributed by atoms with Crippen molar-refractivity contribution in [1.29, 1.82) is 0 Å². The summed E-state index contributed by atoms with van der Waals surface area (Å²) < 4.78 is 0. The molecule has 0 bridgehead atoms.